The van der Waals surface area contributed by atoms with E-state index in [0.29, 0.717) is 17.8 Å². The molecule has 1 aliphatic rings. The van der Waals surface area contributed by atoms with Gasteiger partial charge in [-0.15, -0.1) is 0 Å². The number of hydrogen-bond donors (Lipinski definition) is 2. The first-order valence-corrected chi connectivity index (χ1v) is 11.4. The van der Waals surface area contributed by atoms with Crippen molar-refractivity contribution in [3.8, 4) is 0 Å². The Bertz CT molecular complexity index is 983. The summed E-state index contributed by atoms with van der Waals surface area (Å²) in [5.41, 5.74) is 0.821. The Morgan fingerprint density at radius 3 is 2.55 bits per heavy atom. The topological polar surface area (TPSA) is 102 Å². The van der Waals surface area contributed by atoms with E-state index in [1.54, 1.807) is 23.0 Å². The number of anilines is 1. The Balaban J connectivity index is 1.78. The average Bonchev–Trinajstić information content (AvgIpc) is 3.13. The van der Waals surface area contributed by atoms with Crippen LogP contribution in [0.3, 0.4) is 0 Å². The molecule has 1 aliphatic carbocycles. The maximum Gasteiger partial charge on any atom is 0.309 e. The molecular weight excluding hydrogens is 427 g/mol. The molecule has 9 heteroatoms. The van der Waals surface area contributed by atoms with Crippen LogP contribution in [0.5, 0.6) is 0 Å². The molecule has 0 radical (unpaired) electrons. The van der Waals surface area contributed by atoms with E-state index in [2.05, 4.69) is 20.5 Å². The van der Waals surface area contributed by atoms with Gasteiger partial charge in [0.2, 0.25) is 5.91 Å². The molecule has 178 valence electrons. The summed E-state index contributed by atoms with van der Waals surface area (Å²) in [4.78, 5) is 37.6. The molecule has 1 aromatic heterocycles. The number of rotatable bonds is 8. The maximum atomic E-state index is 14.7. The SMILES string of the molecule is CCn1nccc1C(=O)N[C@H](C(=O)Nc1ccc(CC(=O)OC)cc1F)C1CCCCCC1. The molecule has 1 fully saturated rings. The Labute approximate surface area is 192 Å². The molecular formula is C24H31FN4O4. The van der Waals surface area contributed by atoms with Crippen LogP contribution in [-0.2, 0) is 27.3 Å². The lowest BCUT2D eigenvalue weighted by atomic mass is 9.91. The van der Waals surface area contributed by atoms with E-state index in [1.165, 1.54) is 19.2 Å². The normalized spacial score (nSPS) is 15.4. The fraction of sp³-hybridized carbons (Fsp3) is 0.500. The van der Waals surface area contributed by atoms with Crippen molar-refractivity contribution in [2.75, 3.05) is 12.4 Å². The van der Waals surface area contributed by atoms with Crippen molar-refractivity contribution in [3.63, 3.8) is 0 Å². The predicted octanol–water partition coefficient (Wildman–Crippen LogP) is 3.47. The van der Waals surface area contributed by atoms with Gasteiger partial charge in [-0.3, -0.25) is 19.1 Å². The van der Waals surface area contributed by atoms with Crippen LogP contribution in [-0.4, -0.2) is 40.7 Å². The largest absolute Gasteiger partial charge is 0.469 e. The van der Waals surface area contributed by atoms with Gasteiger partial charge in [0.1, 0.15) is 17.6 Å². The van der Waals surface area contributed by atoms with E-state index in [4.69, 9.17) is 0 Å². The number of benzene rings is 1. The molecule has 8 nitrogen and oxygen atoms in total. The van der Waals surface area contributed by atoms with Gasteiger partial charge in [0.15, 0.2) is 0 Å². The van der Waals surface area contributed by atoms with Crippen molar-refractivity contribution >= 4 is 23.5 Å². The minimum Gasteiger partial charge on any atom is -0.469 e. The van der Waals surface area contributed by atoms with Gasteiger partial charge in [-0.25, -0.2) is 4.39 Å². The number of aromatic nitrogens is 2. The monoisotopic (exact) mass is 458 g/mol. The molecule has 1 saturated carbocycles. The van der Waals surface area contributed by atoms with Crippen LogP contribution in [0.4, 0.5) is 10.1 Å². The van der Waals surface area contributed by atoms with Gasteiger partial charge in [0.25, 0.3) is 5.91 Å². The lowest BCUT2D eigenvalue weighted by Crippen LogP contribution is -2.49. The third-order valence-electron chi connectivity index (χ3n) is 6.06. The van der Waals surface area contributed by atoms with E-state index in [9.17, 15) is 18.8 Å². The quantitative estimate of drug-likeness (QED) is 0.466. The zero-order valence-corrected chi connectivity index (χ0v) is 19.1. The molecule has 3 rings (SSSR count). The van der Waals surface area contributed by atoms with Gasteiger partial charge < -0.3 is 15.4 Å². The molecule has 2 aromatic rings. The summed E-state index contributed by atoms with van der Waals surface area (Å²) < 4.78 is 20.8. The van der Waals surface area contributed by atoms with Gasteiger partial charge in [-0.2, -0.15) is 5.10 Å². The van der Waals surface area contributed by atoms with Crippen molar-refractivity contribution in [2.24, 2.45) is 5.92 Å². The summed E-state index contributed by atoms with van der Waals surface area (Å²) in [6.45, 7) is 2.41. The number of carbonyl (C=O) groups excluding carboxylic acids is 3. The van der Waals surface area contributed by atoms with Crippen molar-refractivity contribution in [1.29, 1.82) is 0 Å². The highest BCUT2D eigenvalue weighted by Gasteiger charge is 2.31. The maximum absolute atomic E-state index is 14.7. The minimum atomic E-state index is -0.801. The first-order chi connectivity index (χ1) is 15.9. The first kappa shape index (κ1) is 24.4. The summed E-state index contributed by atoms with van der Waals surface area (Å²) in [6, 6.07) is 5.00. The predicted molar refractivity (Wildman–Crippen MR) is 121 cm³/mol. The number of amides is 2. The molecule has 1 atom stereocenters. The second-order valence-electron chi connectivity index (χ2n) is 8.29. The Morgan fingerprint density at radius 2 is 1.91 bits per heavy atom. The van der Waals surface area contributed by atoms with Crippen LogP contribution in [0, 0.1) is 11.7 Å². The van der Waals surface area contributed by atoms with Gasteiger partial charge in [-0.1, -0.05) is 31.7 Å². The molecule has 0 saturated heterocycles. The van der Waals surface area contributed by atoms with Crippen LogP contribution >= 0.6 is 0 Å². The molecule has 1 aromatic carbocycles. The van der Waals surface area contributed by atoms with Crippen molar-refractivity contribution in [2.45, 2.75) is 64.5 Å². The molecule has 0 aliphatic heterocycles. The highest BCUT2D eigenvalue weighted by Crippen LogP contribution is 2.27. The number of hydrogen-bond acceptors (Lipinski definition) is 5. The lowest BCUT2D eigenvalue weighted by Gasteiger charge is -2.26. The van der Waals surface area contributed by atoms with Gasteiger partial charge in [0, 0.05) is 12.7 Å². The van der Waals surface area contributed by atoms with E-state index >= 15 is 0 Å². The van der Waals surface area contributed by atoms with Crippen LogP contribution in [0.25, 0.3) is 0 Å². The summed E-state index contributed by atoms with van der Waals surface area (Å²) in [5, 5.41) is 9.64. The average molecular weight is 459 g/mol. The highest BCUT2D eigenvalue weighted by atomic mass is 19.1. The van der Waals surface area contributed by atoms with Crippen LogP contribution in [0.15, 0.2) is 30.5 Å². The summed E-state index contributed by atoms with van der Waals surface area (Å²) in [6.07, 6.45) is 7.26. The number of halogens is 1. The number of ether oxygens (including phenoxy) is 1. The first-order valence-electron chi connectivity index (χ1n) is 11.4. The molecule has 1 heterocycles. The van der Waals surface area contributed by atoms with Crippen molar-refractivity contribution < 1.29 is 23.5 Å². The number of nitrogens with zero attached hydrogens (tertiary/aromatic N) is 2. The number of methoxy groups -OCH3 is 1. The Hall–Kier alpha value is -3.23. The van der Waals surface area contributed by atoms with Gasteiger partial charge in [-0.05, 0) is 49.4 Å². The van der Waals surface area contributed by atoms with Crippen LogP contribution in [0.2, 0.25) is 0 Å². The second-order valence-corrected chi connectivity index (χ2v) is 8.29. The number of esters is 1. The van der Waals surface area contributed by atoms with E-state index < -0.39 is 23.7 Å². The molecule has 0 bridgehead atoms. The Morgan fingerprint density at radius 1 is 1.18 bits per heavy atom. The second kappa shape index (κ2) is 11.6. The molecule has 2 N–H and O–H groups in total. The van der Waals surface area contributed by atoms with E-state index in [0.717, 1.165) is 38.5 Å². The summed E-state index contributed by atoms with van der Waals surface area (Å²) >= 11 is 0. The summed E-state index contributed by atoms with van der Waals surface area (Å²) in [5.74, 6) is -2.02. The molecule has 2 amide bonds. The number of carbonyl (C=O) groups is 3. The van der Waals surface area contributed by atoms with Crippen LogP contribution < -0.4 is 10.6 Å². The molecule has 33 heavy (non-hydrogen) atoms. The minimum absolute atomic E-state index is 0.0000803. The van der Waals surface area contributed by atoms with Crippen LogP contribution in [0.1, 0.15) is 61.5 Å². The third kappa shape index (κ3) is 6.40. The molecule has 0 spiro atoms. The molecule has 0 unspecified atom stereocenters. The zero-order valence-electron chi connectivity index (χ0n) is 19.1. The number of aryl methyl sites for hydroxylation is 1. The smallest absolute Gasteiger partial charge is 0.309 e. The Kier molecular flexibility index (Phi) is 8.57. The standard InChI is InChI=1S/C24H31FN4O4/c1-3-29-20(12-13-26-29)23(31)28-22(17-8-6-4-5-7-9-17)24(32)27-19-11-10-16(14-18(19)25)15-21(30)33-2/h10-14,17,22H,3-9,15H2,1-2H3,(H,27,32)(H,28,31)/t22-/m0/s1. The fourth-order valence-electron chi connectivity index (χ4n) is 4.25. The highest BCUT2D eigenvalue weighted by molar-refractivity contribution is 6.00. The van der Waals surface area contributed by atoms with Crippen molar-refractivity contribution in [1.82, 2.24) is 15.1 Å². The zero-order chi connectivity index (χ0) is 23.8. The summed E-state index contributed by atoms with van der Waals surface area (Å²) in [7, 11) is 1.27. The number of nitrogens with one attached hydrogen (secondary N) is 2. The van der Waals surface area contributed by atoms with Crippen molar-refractivity contribution in [3.05, 3.63) is 47.5 Å². The lowest BCUT2D eigenvalue weighted by molar-refractivity contribution is -0.139. The third-order valence-corrected chi connectivity index (χ3v) is 6.06. The van der Waals surface area contributed by atoms with Gasteiger partial charge >= 0.3 is 5.97 Å². The van der Waals surface area contributed by atoms with Gasteiger partial charge in [0.05, 0.1) is 19.2 Å². The van der Waals surface area contributed by atoms with E-state index in [-0.39, 0.29) is 23.9 Å². The fourth-order valence-corrected chi connectivity index (χ4v) is 4.25. The van der Waals surface area contributed by atoms with E-state index in [1.807, 2.05) is 6.92 Å².